The van der Waals surface area contributed by atoms with Crippen molar-refractivity contribution in [1.82, 2.24) is 10.2 Å². The molecule has 1 amide bonds. The van der Waals surface area contributed by atoms with Crippen LogP contribution in [0.1, 0.15) is 30.5 Å². The Kier molecular flexibility index (Phi) is 5.20. The summed E-state index contributed by atoms with van der Waals surface area (Å²) < 4.78 is 4.66. The van der Waals surface area contributed by atoms with Crippen LogP contribution in [0.5, 0.6) is 0 Å². The van der Waals surface area contributed by atoms with Gasteiger partial charge in [0.1, 0.15) is 0 Å². The number of nitrogens with zero attached hydrogens (tertiary/aromatic N) is 1. The normalized spacial score (nSPS) is 21.8. The first-order valence-electron chi connectivity index (χ1n) is 7.42. The van der Waals surface area contributed by atoms with Crippen molar-refractivity contribution in [2.75, 3.05) is 20.2 Å². The molecule has 5 nitrogen and oxygen atoms in total. The molecule has 116 valence electrons. The fourth-order valence-electron chi connectivity index (χ4n) is 3.08. The fourth-order valence-corrected chi connectivity index (χ4v) is 3.08. The van der Waals surface area contributed by atoms with Gasteiger partial charge in [-0.2, -0.15) is 0 Å². The number of amides is 1. The van der Waals surface area contributed by atoms with Gasteiger partial charge in [-0.1, -0.05) is 29.8 Å². The van der Waals surface area contributed by atoms with Crippen LogP contribution in [-0.4, -0.2) is 43.3 Å². The van der Waals surface area contributed by atoms with Crippen molar-refractivity contribution in [3.8, 4) is 0 Å². The lowest BCUT2D eigenvalue weighted by Gasteiger charge is -2.31. The number of hydrogen-bond donors (Lipinski definition) is 2. The molecule has 0 spiro atoms. The van der Waals surface area contributed by atoms with Crippen molar-refractivity contribution in [2.24, 2.45) is 5.73 Å². The van der Waals surface area contributed by atoms with Crippen molar-refractivity contribution in [1.29, 1.82) is 0 Å². The van der Waals surface area contributed by atoms with E-state index in [0.29, 0.717) is 0 Å². The quantitative estimate of drug-likeness (QED) is 0.888. The van der Waals surface area contributed by atoms with E-state index in [-0.39, 0.29) is 24.2 Å². The Bertz CT molecular complexity index is 490. The summed E-state index contributed by atoms with van der Waals surface area (Å²) in [6, 6.07) is 8.81. The van der Waals surface area contributed by atoms with Gasteiger partial charge in [0, 0.05) is 31.2 Å². The number of rotatable bonds is 4. The molecule has 0 aromatic heterocycles. The molecule has 0 aliphatic carbocycles. The van der Waals surface area contributed by atoms with E-state index in [4.69, 9.17) is 5.73 Å². The Morgan fingerprint density at radius 2 is 2.29 bits per heavy atom. The topological polar surface area (TPSA) is 67.6 Å². The highest BCUT2D eigenvalue weighted by Crippen LogP contribution is 2.28. The van der Waals surface area contributed by atoms with Gasteiger partial charge in [-0.3, -0.25) is 4.90 Å². The Morgan fingerprint density at radius 3 is 2.90 bits per heavy atom. The van der Waals surface area contributed by atoms with Crippen LogP contribution in [0.15, 0.2) is 24.3 Å². The van der Waals surface area contributed by atoms with E-state index in [1.54, 1.807) is 0 Å². The molecule has 0 bridgehead atoms. The second-order valence-electron chi connectivity index (χ2n) is 5.83. The summed E-state index contributed by atoms with van der Waals surface area (Å²) >= 11 is 0. The number of benzene rings is 1. The molecule has 21 heavy (non-hydrogen) atoms. The molecule has 5 heteroatoms. The van der Waals surface area contributed by atoms with E-state index >= 15 is 0 Å². The third-order valence-electron chi connectivity index (χ3n) is 4.00. The number of likely N-dealkylation sites (tertiary alicyclic amines) is 1. The van der Waals surface area contributed by atoms with Gasteiger partial charge in [0.25, 0.3) is 0 Å². The van der Waals surface area contributed by atoms with E-state index in [1.165, 1.54) is 18.2 Å². The maximum Gasteiger partial charge on any atom is 0.407 e. The summed E-state index contributed by atoms with van der Waals surface area (Å²) in [5, 5.41) is 2.87. The Balaban J connectivity index is 2.08. The van der Waals surface area contributed by atoms with Crippen molar-refractivity contribution >= 4 is 6.09 Å². The molecule has 3 unspecified atom stereocenters. The zero-order valence-electron chi connectivity index (χ0n) is 13.0. The average Bonchev–Trinajstić information content (AvgIpc) is 2.86. The highest BCUT2D eigenvalue weighted by atomic mass is 16.5. The third kappa shape index (κ3) is 3.95. The summed E-state index contributed by atoms with van der Waals surface area (Å²) in [7, 11) is 1.39. The molecule has 0 saturated carbocycles. The van der Waals surface area contributed by atoms with Crippen molar-refractivity contribution in [3.63, 3.8) is 0 Å². The van der Waals surface area contributed by atoms with Crippen LogP contribution in [0.2, 0.25) is 0 Å². The largest absolute Gasteiger partial charge is 0.453 e. The zero-order valence-corrected chi connectivity index (χ0v) is 13.0. The molecule has 1 aromatic carbocycles. The van der Waals surface area contributed by atoms with Gasteiger partial charge in [-0.25, -0.2) is 4.79 Å². The van der Waals surface area contributed by atoms with Crippen molar-refractivity contribution in [3.05, 3.63) is 35.4 Å². The molecular formula is C16H25N3O2. The second kappa shape index (κ2) is 6.91. The maximum absolute atomic E-state index is 11.3. The summed E-state index contributed by atoms with van der Waals surface area (Å²) in [5.74, 6) is 0. The molecule has 1 aromatic rings. The van der Waals surface area contributed by atoms with Gasteiger partial charge in [0.15, 0.2) is 0 Å². The van der Waals surface area contributed by atoms with E-state index in [0.717, 1.165) is 19.5 Å². The predicted molar refractivity (Wildman–Crippen MR) is 83.1 cm³/mol. The smallest absolute Gasteiger partial charge is 0.407 e. The molecule has 1 saturated heterocycles. The monoisotopic (exact) mass is 291 g/mol. The summed E-state index contributed by atoms with van der Waals surface area (Å²) in [6.07, 6.45) is 0.555. The number of carbonyl (C=O) groups excluding carboxylic acids is 1. The van der Waals surface area contributed by atoms with Crippen molar-refractivity contribution < 1.29 is 9.53 Å². The molecular weight excluding hydrogens is 266 g/mol. The number of carbonyl (C=O) groups is 1. The van der Waals surface area contributed by atoms with E-state index < -0.39 is 0 Å². The zero-order chi connectivity index (χ0) is 15.4. The minimum Gasteiger partial charge on any atom is -0.453 e. The van der Waals surface area contributed by atoms with Gasteiger partial charge < -0.3 is 15.8 Å². The summed E-state index contributed by atoms with van der Waals surface area (Å²) in [6.45, 7) is 5.85. The SMILES string of the molecule is COC(=O)NC1CCN(C(c2cccc(C)c2)C(C)N)C1. The number of aryl methyl sites for hydroxylation is 1. The highest BCUT2D eigenvalue weighted by Gasteiger charge is 2.32. The van der Waals surface area contributed by atoms with Gasteiger partial charge in [-0.05, 0) is 25.8 Å². The molecule has 1 fully saturated rings. The fraction of sp³-hybridized carbons (Fsp3) is 0.562. The molecule has 2 rings (SSSR count). The standard InChI is InChI=1S/C16H25N3O2/c1-11-5-4-6-13(9-11)15(12(2)17)19-8-7-14(10-19)18-16(20)21-3/h4-6,9,12,14-15H,7-8,10,17H2,1-3H3,(H,18,20). The first-order chi connectivity index (χ1) is 10.0. The van der Waals surface area contributed by atoms with E-state index in [2.05, 4.69) is 46.1 Å². The first kappa shape index (κ1) is 15.8. The van der Waals surface area contributed by atoms with Gasteiger partial charge in [0.05, 0.1) is 7.11 Å². The van der Waals surface area contributed by atoms with Gasteiger partial charge in [-0.15, -0.1) is 0 Å². The minimum atomic E-state index is -0.366. The number of ether oxygens (including phenoxy) is 1. The van der Waals surface area contributed by atoms with Crippen LogP contribution >= 0.6 is 0 Å². The number of nitrogens with one attached hydrogen (secondary N) is 1. The average molecular weight is 291 g/mol. The number of methoxy groups -OCH3 is 1. The first-order valence-corrected chi connectivity index (χ1v) is 7.42. The Labute approximate surface area is 126 Å². The third-order valence-corrected chi connectivity index (χ3v) is 4.00. The molecule has 1 heterocycles. The predicted octanol–water partition coefficient (Wildman–Crippen LogP) is 1.81. The van der Waals surface area contributed by atoms with Crippen LogP contribution in [0.4, 0.5) is 4.79 Å². The Morgan fingerprint density at radius 1 is 1.52 bits per heavy atom. The van der Waals surface area contributed by atoms with Crippen LogP contribution < -0.4 is 11.1 Å². The lowest BCUT2D eigenvalue weighted by molar-refractivity contribution is 0.164. The Hall–Kier alpha value is -1.59. The van der Waals surface area contributed by atoms with Gasteiger partial charge >= 0.3 is 6.09 Å². The molecule has 3 N–H and O–H groups in total. The number of nitrogens with two attached hydrogens (primary N) is 1. The van der Waals surface area contributed by atoms with Crippen LogP contribution in [-0.2, 0) is 4.74 Å². The number of alkyl carbamates (subject to hydrolysis) is 1. The summed E-state index contributed by atoms with van der Waals surface area (Å²) in [5.41, 5.74) is 8.69. The van der Waals surface area contributed by atoms with Crippen LogP contribution in [0.3, 0.4) is 0 Å². The lowest BCUT2D eigenvalue weighted by Crippen LogP contribution is -2.41. The molecule has 1 aliphatic heterocycles. The minimum absolute atomic E-state index is 0.0312. The van der Waals surface area contributed by atoms with Crippen molar-refractivity contribution in [2.45, 2.75) is 38.4 Å². The highest BCUT2D eigenvalue weighted by molar-refractivity contribution is 5.67. The second-order valence-corrected chi connectivity index (χ2v) is 5.83. The van der Waals surface area contributed by atoms with Gasteiger partial charge in [0.2, 0.25) is 0 Å². The lowest BCUT2D eigenvalue weighted by atomic mass is 9.98. The van der Waals surface area contributed by atoms with E-state index in [9.17, 15) is 4.79 Å². The summed E-state index contributed by atoms with van der Waals surface area (Å²) in [4.78, 5) is 13.7. The van der Waals surface area contributed by atoms with E-state index in [1.807, 2.05) is 6.92 Å². The number of hydrogen-bond acceptors (Lipinski definition) is 4. The maximum atomic E-state index is 11.3. The van der Waals surface area contributed by atoms with Crippen LogP contribution in [0.25, 0.3) is 0 Å². The molecule has 0 radical (unpaired) electrons. The van der Waals surface area contributed by atoms with Crippen LogP contribution in [0, 0.1) is 6.92 Å². The molecule has 1 aliphatic rings. The molecule has 3 atom stereocenters.